The molecule has 0 spiro atoms. The Hall–Kier alpha value is -1.08. The first-order valence-electron chi connectivity index (χ1n) is 3.62. The molecule has 6 nitrogen and oxygen atoms in total. The third-order valence-corrected chi connectivity index (χ3v) is 2.78. The van der Waals surface area contributed by atoms with E-state index in [0.717, 1.165) is 0 Å². The van der Waals surface area contributed by atoms with Crippen LogP contribution in [0.2, 0.25) is 0 Å². The van der Waals surface area contributed by atoms with Gasteiger partial charge in [0.2, 0.25) is 0 Å². The minimum atomic E-state index is -1.25. The van der Waals surface area contributed by atoms with Crippen molar-refractivity contribution in [2.45, 2.75) is 12.1 Å². The van der Waals surface area contributed by atoms with Crippen molar-refractivity contribution in [3.8, 4) is 0 Å². The van der Waals surface area contributed by atoms with Gasteiger partial charge in [0.15, 0.2) is 0 Å². The Morgan fingerprint density at radius 1 is 1.77 bits per heavy atom. The van der Waals surface area contributed by atoms with Crippen LogP contribution in [-0.4, -0.2) is 24.8 Å². The van der Waals surface area contributed by atoms with E-state index in [2.05, 4.69) is 4.98 Å². The third-order valence-electron chi connectivity index (χ3n) is 1.47. The number of hydrogen-bond donors (Lipinski definition) is 0. The van der Waals surface area contributed by atoms with Crippen molar-refractivity contribution in [2.24, 2.45) is 7.05 Å². The molecule has 0 saturated carbocycles. The van der Waals surface area contributed by atoms with Gasteiger partial charge in [-0.25, -0.2) is 0 Å². The van der Waals surface area contributed by atoms with Crippen LogP contribution in [-0.2, 0) is 18.2 Å². The second kappa shape index (κ2) is 3.75. The summed E-state index contributed by atoms with van der Waals surface area (Å²) in [6.07, 6.45) is 1.25. The quantitative estimate of drug-likeness (QED) is 0.405. The Morgan fingerprint density at radius 3 is 2.77 bits per heavy atom. The molecule has 0 aromatic carbocycles. The van der Waals surface area contributed by atoms with E-state index in [0.29, 0.717) is 5.75 Å². The molecule has 0 radical (unpaired) electrons. The Bertz CT molecular complexity index is 325. The van der Waals surface area contributed by atoms with Crippen molar-refractivity contribution in [3.05, 3.63) is 16.3 Å². The smallest absolute Gasteiger partial charge is 0.431 e. The van der Waals surface area contributed by atoms with Crippen LogP contribution in [0.25, 0.3) is 0 Å². The minimum Gasteiger partial charge on any atom is -0.607 e. The molecule has 0 bridgehead atoms. The molecule has 0 amide bonds. The van der Waals surface area contributed by atoms with Crippen molar-refractivity contribution in [3.63, 3.8) is 0 Å². The summed E-state index contributed by atoms with van der Waals surface area (Å²) in [6.45, 7) is 1.73. The number of aryl methyl sites for hydroxylation is 1. The zero-order valence-corrected chi connectivity index (χ0v) is 8.08. The SMILES string of the molecule is CC[S+]([O-])c1nc([N+](=O)[O-])cn1C. The predicted octanol–water partition coefficient (Wildman–Crippen LogP) is 0.456. The fourth-order valence-electron chi connectivity index (χ4n) is 0.863. The molecule has 0 saturated heterocycles. The zero-order valence-electron chi connectivity index (χ0n) is 7.26. The lowest BCUT2D eigenvalue weighted by molar-refractivity contribution is -0.389. The Kier molecular flexibility index (Phi) is 2.89. The highest BCUT2D eigenvalue weighted by molar-refractivity contribution is 7.91. The molecular weight excluding hydrogens is 194 g/mol. The van der Waals surface area contributed by atoms with E-state index < -0.39 is 16.1 Å². The van der Waals surface area contributed by atoms with Gasteiger partial charge in [0.25, 0.3) is 0 Å². The molecule has 0 aliphatic carbocycles. The van der Waals surface area contributed by atoms with Gasteiger partial charge < -0.3 is 14.7 Å². The molecular formula is C6H9N3O3S. The third kappa shape index (κ3) is 1.99. The number of nitrogens with zero attached hydrogens (tertiary/aromatic N) is 3. The molecule has 72 valence electrons. The molecule has 1 aromatic heterocycles. The van der Waals surface area contributed by atoms with Crippen LogP contribution >= 0.6 is 0 Å². The lowest BCUT2D eigenvalue weighted by atomic mass is 10.8. The molecule has 0 N–H and O–H groups in total. The maximum atomic E-state index is 11.3. The van der Waals surface area contributed by atoms with E-state index in [1.165, 1.54) is 10.8 Å². The van der Waals surface area contributed by atoms with Gasteiger partial charge in [0, 0.05) is 12.0 Å². The molecule has 1 heterocycles. The van der Waals surface area contributed by atoms with Crippen LogP contribution < -0.4 is 0 Å². The summed E-state index contributed by atoms with van der Waals surface area (Å²) in [6, 6.07) is 0. The zero-order chi connectivity index (χ0) is 10.0. The first-order valence-corrected chi connectivity index (χ1v) is 4.94. The molecule has 7 heteroatoms. The first kappa shape index (κ1) is 10.0. The molecule has 0 aliphatic heterocycles. The summed E-state index contributed by atoms with van der Waals surface area (Å²) < 4.78 is 12.7. The lowest BCUT2D eigenvalue weighted by Crippen LogP contribution is -2.09. The molecule has 1 atom stereocenters. The Morgan fingerprint density at radius 2 is 2.38 bits per heavy atom. The average molecular weight is 203 g/mol. The van der Waals surface area contributed by atoms with Crippen LogP contribution in [0.4, 0.5) is 5.82 Å². The second-order valence-corrected chi connectivity index (χ2v) is 4.02. The summed E-state index contributed by atoms with van der Waals surface area (Å²) >= 11 is -1.25. The van der Waals surface area contributed by atoms with Gasteiger partial charge in [-0.1, -0.05) is 0 Å². The van der Waals surface area contributed by atoms with Crippen LogP contribution in [0.3, 0.4) is 0 Å². The molecule has 1 rings (SSSR count). The normalized spacial score (nSPS) is 12.8. The minimum absolute atomic E-state index is 0.245. The molecule has 1 aromatic rings. The maximum absolute atomic E-state index is 11.3. The fourth-order valence-corrected chi connectivity index (χ4v) is 1.69. The van der Waals surface area contributed by atoms with Gasteiger partial charge >= 0.3 is 11.0 Å². The Labute approximate surface area is 77.9 Å². The van der Waals surface area contributed by atoms with E-state index in [4.69, 9.17) is 0 Å². The molecule has 0 aliphatic rings. The van der Waals surface area contributed by atoms with Gasteiger partial charge in [0.05, 0.1) is 11.2 Å². The van der Waals surface area contributed by atoms with Gasteiger partial charge in [-0.2, -0.15) is 0 Å². The first-order chi connectivity index (χ1) is 6.06. The average Bonchev–Trinajstić information content (AvgIpc) is 2.46. The van der Waals surface area contributed by atoms with Crippen molar-refractivity contribution < 1.29 is 9.48 Å². The largest absolute Gasteiger partial charge is 0.607 e. The van der Waals surface area contributed by atoms with Crippen LogP contribution in [0.1, 0.15) is 6.92 Å². The highest BCUT2D eigenvalue weighted by Gasteiger charge is 2.25. The number of imidazole rings is 1. The standard InChI is InChI=1S/C6H9N3O3S/c1-3-13(12)6-7-5(9(10)11)4-8(6)2/h4H,3H2,1-2H3. The van der Waals surface area contributed by atoms with E-state index in [1.54, 1.807) is 14.0 Å². The van der Waals surface area contributed by atoms with Crippen molar-refractivity contribution in [2.75, 3.05) is 5.75 Å². The predicted molar refractivity (Wildman–Crippen MR) is 46.8 cm³/mol. The summed E-state index contributed by atoms with van der Waals surface area (Å²) in [5.41, 5.74) is 0. The fraction of sp³-hybridized carbons (Fsp3) is 0.500. The topological polar surface area (TPSA) is 84.0 Å². The lowest BCUT2D eigenvalue weighted by Gasteiger charge is -2.00. The van der Waals surface area contributed by atoms with Crippen LogP contribution in [0.15, 0.2) is 11.4 Å². The summed E-state index contributed by atoms with van der Waals surface area (Å²) in [5, 5.41) is 10.6. The van der Waals surface area contributed by atoms with Crippen molar-refractivity contribution in [1.82, 2.24) is 9.55 Å². The van der Waals surface area contributed by atoms with Crippen LogP contribution in [0, 0.1) is 10.1 Å². The maximum Gasteiger partial charge on any atom is 0.431 e. The van der Waals surface area contributed by atoms with Gasteiger partial charge in [-0.15, -0.1) is 0 Å². The highest BCUT2D eigenvalue weighted by atomic mass is 32.2. The summed E-state index contributed by atoms with van der Waals surface area (Å²) in [5.74, 6) is 0.140. The van der Waals surface area contributed by atoms with Gasteiger partial charge in [-0.3, -0.25) is 4.57 Å². The number of nitro groups is 1. The number of rotatable bonds is 3. The van der Waals surface area contributed by atoms with E-state index in [9.17, 15) is 14.7 Å². The van der Waals surface area contributed by atoms with Crippen molar-refractivity contribution >= 4 is 17.0 Å². The molecule has 13 heavy (non-hydrogen) atoms. The van der Waals surface area contributed by atoms with E-state index in [-0.39, 0.29) is 11.0 Å². The van der Waals surface area contributed by atoms with E-state index >= 15 is 0 Å². The summed E-state index contributed by atoms with van der Waals surface area (Å²) in [7, 11) is 1.59. The highest BCUT2D eigenvalue weighted by Crippen LogP contribution is 2.14. The molecule has 1 unspecified atom stereocenters. The van der Waals surface area contributed by atoms with Crippen molar-refractivity contribution in [1.29, 1.82) is 0 Å². The monoisotopic (exact) mass is 203 g/mol. The van der Waals surface area contributed by atoms with E-state index in [1.807, 2.05) is 0 Å². The second-order valence-electron chi connectivity index (χ2n) is 2.38. The van der Waals surface area contributed by atoms with Crippen LogP contribution in [0.5, 0.6) is 0 Å². The molecule has 0 fully saturated rings. The Balaban J connectivity index is 3.02. The van der Waals surface area contributed by atoms with Gasteiger partial charge in [-0.05, 0) is 11.8 Å². The van der Waals surface area contributed by atoms with Gasteiger partial charge in [0.1, 0.15) is 11.9 Å². The number of aromatic nitrogens is 2. The summed E-state index contributed by atoms with van der Waals surface area (Å²) in [4.78, 5) is 13.4. The number of hydrogen-bond acceptors (Lipinski definition) is 4.